The Morgan fingerprint density at radius 3 is 2.64 bits per heavy atom. The van der Waals surface area contributed by atoms with Gasteiger partial charge in [-0.05, 0) is 48.1 Å². The number of hydrogen-bond acceptors (Lipinski definition) is 3. The molecule has 1 unspecified atom stereocenters. The molecule has 4 nitrogen and oxygen atoms in total. The number of carbonyl (C=O) groups excluding carboxylic acids is 1. The van der Waals surface area contributed by atoms with Gasteiger partial charge in [0.15, 0.2) is 0 Å². The molecule has 1 aliphatic heterocycles. The number of methoxy groups -OCH3 is 1. The maximum absolute atomic E-state index is 12.8. The molecule has 0 radical (unpaired) electrons. The van der Waals surface area contributed by atoms with E-state index in [-0.39, 0.29) is 12.5 Å². The standard InChI is InChI=1S/C20H22ClNO3/c1-25-19-7-6-17(21)11-18(19)20(24)22-9-8-16(12-22)10-14-2-4-15(13-23)5-3-14/h2-7,11,16,23H,8-10,12-13H2,1H3. The Hall–Kier alpha value is -2.04. The Kier molecular flexibility index (Phi) is 5.61. The molecular formula is C20H22ClNO3. The van der Waals surface area contributed by atoms with Gasteiger partial charge in [0, 0.05) is 18.1 Å². The number of rotatable bonds is 5. The van der Waals surface area contributed by atoms with Crippen LogP contribution in [0.1, 0.15) is 27.9 Å². The van der Waals surface area contributed by atoms with E-state index in [1.807, 2.05) is 17.0 Å². The molecule has 0 aromatic heterocycles. The summed E-state index contributed by atoms with van der Waals surface area (Å²) in [5, 5.41) is 9.65. The number of halogens is 1. The first-order chi connectivity index (χ1) is 12.1. The molecule has 2 aromatic rings. The first-order valence-electron chi connectivity index (χ1n) is 8.42. The van der Waals surface area contributed by atoms with Gasteiger partial charge in [-0.2, -0.15) is 0 Å². The van der Waals surface area contributed by atoms with Crippen molar-refractivity contribution in [2.45, 2.75) is 19.4 Å². The molecule has 0 saturated carbocycles. The third-order valence-electron chi connectivity index (χ3n) is 4.69. The Bertz CT molecular complexity index is 745. The van der Waals surface area contributed by atoms with E-state index in [0.29, 0.717) is 22.3 Å². The Labute approximate surface area is 153 Å². The second kappa shape index (κ2) is 7.89. The number of aliphatic hydroxyl groups excluding tert-OH is 1. The van der Waals surface area contributed by atoms with E-state index in [1.165, 1.54) is 5.56 Å². The highest BCUT2D eigenvalue weighted by atomic mass is 35.5. The van der Waals surface area contributed by atoms with Crippen LogP contribution in [0.4, 0.5) is 0 Å². The first-order valence-corrected chi connectivity index (χ1v) is 8.80. The molecule has 1 aliphatic rings. The van der Waals surface area contributed by atoms with Crippen molar-refractivity contribution in [2.24, 2.45) is 5.92 Å². The summed E-state index contributed by atoms with van der Waals surface area (Å²) in [6.07, 6.45) is 1.92. The predicted molar refractivity (Wildman–Crippen MR) is 98.1 cm³/mol. The lowest BCUT2D eigenvalue weighted by Crippen LogP contribution is -2.29. The van der Waals surface area contributed by atoms with Crippen molar-refractivity contribution in [2.75, 3.05) is 20.2 Å². The van der Waals surface area contributed by atoms with Crippen LogP contribution in [0.2, 0.25) is 5.02 Å². The van der Waals surface area contributed by atoms with E-state index in [2.05, 4.69) is 12.1 Å². The van der Waals surface area contributed by atoms with E-state index in [9.17, 15) is 4.79 Å². The van der Waals surface area contributed by atoms with Gasteiger partial charge >= 0.3 is 0 Å². The van der Waals surface area contributed by atoms with Crippen molar-refractivity contribution in [3.05, 3.63) is 64.2 Å². The minimum absolute atomic E-state index is 0.0301. The van der Waals surface area contributed by atoms with Crippen LogP contribution in [-0.2, 0) is 13.0 Å². The van der Waals surface area contributed by atoms with E-state index in [0.717, 1.165) is 31.5 Å². The summed E-state index contributed by atoms with van der Waals surface area (Å²) in [5.41, 5.74) is 2.67. The Morgan fingerprint density at radius 2 is 1.96 bits per heavy atom. The van der Waals surface area contributed by atoms with Crippen molar-refractivity contribution in [3.8, 4) is 5.75 Å². The highest BCUT2D eigenvalue weighted by Gasteiger charge is 2.28. The number of likely N-dealkylation sites (tertiary alicyclic amines) is 1. The van der Waals surface area contributed by atoms with Gasteiger partial charge in [0.05, 0.1) is 19.3 Å². The zero-order chi connectivity index (χ0) is 17.8. The van der Waals surface area contributed by atoms with Crippen LogP contribution < -0.4 is 4.74 Å². The largest absolute Gasteiger partial charge is 0.496 e. The minimum Gasteiger partial charge on any atom is -0.496 e. The summed E-state index contributed by atoms with van der Waals surface area (Å²) < 4.78 is 5.30. The fraction of sp³-hybridized carbons (Fsp3) is 0.350. The summed E-state index contributed by atoms with van der Waals surface area (Å²) in [6.45, 7) is 1.54. The molecule has 25 heavy (non-hydrogen) atoms. The van der Waals surface area contributed by atoms with Crippen LogP contribution in [0.25, 0.3) is 0 Å². The number of aliphatic hydroxyl groups is 1. The van der Waals surface area contributed by atoms with Crippen LogP contribution in [0.15, 0.2) is 42.5 Å². The normalized spacial score (nSPS) is 16.9. The van der Waals surface area contributed by atoms with Crippen LogP contribution >= 0.6 is 11.6 Å². The van der Waals surface area contributed by atoms with E-state index in [4.69, 9.17) is 21.4 Å². The van der Waals surface area contributed by atoms with Gasteiger partial charge in [-0.25, -0.2) is 0 Å². The molecule has 3 rings (SSSR count). The Morgan fingerprint density at radius 1 is 1.24 bits per heavy atom. The molecule has 132 valence electrons. The number of carbonyl (C=O) groups is 1. The van der Waals surface area contributed by atoms with Gasteiger partial charge in [-0.1, -0.05) is 35.9 Å². The number of benzene rings is 2. The van der Waals surface area contributed by atoms with Crippen molar-refractivity contribution >= 4 is 17.5 Å². The molecule has 2 aromatic carbocycles. The third kappa shape index (κ3) is 4.14. The van der Waals surface area contributed by atoms with Crippen LogP contribution in [0.5, 0.6) is 5.75 Å². The highest BCUT2D eigenvalue weighted by molar-refractivity contribution is 6.31. The zero-order valence-corrected chi connectivity index (χ0v) is 15.0. The van der Waals surface area contributed by atoms with E-state index < -0.39 is 0 Å². The summed E-state index contributed by atoms with van der Waals surface area (Å²) in [7, 11) is 1.56. The number of ether oxygens (including phenoxy) is 1. The van der Waals surface area contributed by atoms with Gasteiger partial charge in [0.2, 0.25) is 0 Å². The Balaban J connectivity index is 1.66. The lowest BCUT2D eigenvalue weighted by molar-refractivity contribution is 0.0783. The van der Waals surface area contributed by atoms with Crippen LogP contribution in [0.3, 0.4) is 0 Å². The molecule has 1 saturated heterocycles. The summed E-state index contributed by atoms with van der Waals surface area (Å²) >= 11 is 6.04. The first kappa shape index (κ1) is 17.8. The van der Waals surface area contributed by atoms with Crippen LogP contribution in [-0.4, -0.2) is 36.1 Å². The molecule has 5 heteroatoms. The smallest absolute Gasteiger partial charge is 0.257 e. The maximum atomic E-state index is 12.8. The van der Waals surface area contributed by atoms with Crippen molar-refractivity contribution in [1.29, 1.82) is 0 Å². The number of amides is 1. The maximum Gasteiger partial charge on any atom is 0.257 e. The van der Waals surface area contributed by atoms with Gasteiger partial charge in [0.25, 0.3) is 5.91 Å². The molecule has 0 aliphatic carbocycles. The third-order valence-corrected chi connectivity index (χ3v) is 4.93. The number of nitrogens with zero attached hydrogens (tertiary/aromatic N) is 1. The van der Waals surface area contributed by atoms with Crippen molar-refractivity contribution in [3.63, 3.8) is 0 Å². The van der Waals surface area contributed by atoms with Gasteiger partial charge in [-0.3, -0.25) is 4.79 Å². The zero-order valence-electron chi connectivity index (χ0n) is 14.2. The average molecular weight is 360 g/mol. The summed E-state index contributed by atoms with van der Waals surface area (Å²) in [4.78, 5) is 14.7. The second-order valence-electron chi connectivity index (χ2n) is 6.43. The molecule has 0 spiro atoms. The lowest BCUT2D eigenvalue weighted by atomic mass is 9.98. The highest BCUT2D eigenvalue weighted by Crippen LogP contribution is 2.28. The molecule has 1 atom stereocenters. The topological polar surface area (TPSA) is 49.8 Å². The minimum atomic E-state index is -0.0301. The molecule has 0 bridgehead atoms. The average Bonchev–Trinajstić information content (AvgIpc) is 3.10. The monoisotopic (exact) mass is 359 g/mol. The van der Waals surface area contributed by atoms with Crippen LogP contribution in [0, 0.1) is 5.92 Å². The molecule has 1 N–H and O–H groups in total. The van der Waals surface area contributed by atoms with E-state index in [1.54, 1.807) is 25.3 Å². The van der Waals surface area contributed by atoms with E-state index >= 15 is 0 Å². The van der Waals surface area contributed by atoms with Crippen molar-refractivity contribution < 1.29 is 14.6 Å². The fourth-order valence-corrected chi connectivity index (χ4v) is 3.49. The summed E-state index contributed by atoms with van der Waals surface area (Å²) in [6, 6.07) is 13.1. The van der Waals surface area contributed by atoms with Crippen molar-refractivity contribution in [1.82, 2.24) is 4.90 Å². The van der Waals surface area contributed by atoms with Gasteiger partial charge in [0.1, 0.15) is 5.75 Å². The summed E-state index contributed by atoms with van der Waals surface area (Å²) in [5.74, 6) is 0.962. The molecule has 1 fully saturated rings. The quantitative estimate of drug-likeness (QED) is 0.888. The molecule has 1 heterocycles. The fourth-order valence-electron chi connectivity index (χ4n) is 3.32. The second-order valence-corrected chi connectivity index (χ2v) is 6.87. The number of hydrogen-bond donors (Lipinski definition) is 1. The lowest BCUT2D eigenvalue weighted by Gasteiger charge is -2.18. The predicted octanol–water partition coefficient (Wildman–Crippen LogP) is 3.55. The van der Waals surface area contributed by atoms with Gasteiger partial charge < -0.3 is 14.7 Å². The van der Waals surface area contributed by atoms with Gasteiger partial charge in [-0.15, -0.1) is 0 Å². The SMILES string of the molecule is COc1ccc(Cl)cc1C(=O)N1CCC(Cc2ccc(CO)cc2)C1. The molecule has 1 amide bonds. The molecular weight excluding hydrogens is 338 g/mol.